The van der Waals surface area contributed by atoms with Crippen LogP contribution in [0.25, 0.3) is 22.3 Å². The number of nitrogens with one attached hydrogen (secondary N) is 2. The topological polar surface area (TPSA) is 93.0 Å². The van der Waals surface area contributed by atoms with Crippen molar-refractivity contribution >= 4 is 28.1 Å². The largest absolute Gasteiger partial charge is 0.497 e. The third-order valence-corrected chi connectivity index (χ3v) is 6.51. The molecule has 3 heterocycles. The molecule has 0 aliphatic carbocycles. The van der Waals surface area contributed by atoms with Crippen molar-refractivity contribution in [3.05, 3.63) is 88.6 Å². The van der Waals surface area contributed by atoms with Gasteiger partial charge in [0.15, 0.2) is 0 Å². The number of para-hydroxylation sites is 1. The smallest absolute Gasteiger partial charge is 0.227 e. The molecular weight excluding hydrogens is 448 g/mol. The van der Waals surface area contributed by atoms with E-state index in [-0.39, 0.29) is 18.2 Å². The Balaban J connectivity index is 1.28. The average molecular weight is 473 g/mol. The molecule has 2 N–H and O–H groups in total. The molecule has 0 spiro atoms. The molecule has 1 atom stereocenters. The molecule has 1 amide bonds. The lowest BCUT2D eigenvalue weighted by Gasteiger charge is -2.18. The van der Waals surface area contributed by atoms with Gasteiger partial charge in [-0.15, -0.1) is 0 Å². The first-order chi connectivity index (χ1) is 16.7. The third kappa shape index (κ3) is 4.72. The summed E-state index contributed by atoms with van der Waals surface area (Å²) in [5.74, 6) is 1.73. The van der Waals surface area contributed by atoms with Gasteiger partial charge >= 0.3 is 0 Å². The quantitative estimate of drug-likeness (QED) is 0.309. The van der Waals surface area contributed by atoms with E-state index in [0.29, 0.717) is 24.7 Å². The molecule has 172 valence electrons. The fourth-order valence-electron chi connectivity index (χ4n) is 4.02. The van der Waals surface area contributed by atoms with Gasteiger partial charge in [-0.05, 0) is 40.8 Å². The van der Waals surface area contributed by atoms with Gasteiger partial charge in [0.25, 0.3) is 0 Å². The molecule has 34 heavy (non-hydrogen) atoms. The van der Waals surface area contributed by atoms with E-state index < -0.39 is 0 Å². The van der Waals surface area contributed by atoms with Crippen molar-refractivity contribution in [1.29, 1.82) is 0 Å². The van der Waals surface area contributed by atoms with Crippen molar-refractivity contribution < 1.29 is 14.1 Å². The molecule has 2 aromatic carbocycles. The summed E-state index contributed by atoms with van der Waals surface area (Å²) in [6, 6.07) is 18.1. The van der Waals surface area contributed by atoms with Gasteiger partial charge in [-0.3, -0.25) is 4.79 Å². The zero-order valence-electron chi connectivity index (χ0n) is 18.7. The summed E-state index contributed by atoms with van der Waals surface area (Å²) in [6.07, 6.45) is 2.69. The number of rotatable bonds is 9. The number of aromatic amines is 1. The Labute approximate surface area is 200 Å². The standard InChI is InChI=1S/C26H24N4O3S/c1-32-19-8-6-17(7-9-19)21(22-15-27-23-5-3-2-4-20(22)23)14-28-24(31)10-11-25-29-26(30-33-25)18-12-13-34-16-18/h2-9,12-13,15-16,21,27H,10-11,14H2,1H3,(H,28,31). The van der Waals surface area contributed by atoms with Crippen molar-refractivity contribution in [2.24, 2.45) is 0 Å². The van der Waals surface area contributed by atoms with E-state index in [1.54, 1.807) is 18.4 Å². The van der Waals surface area contributed by atoms with Crippen LogP contribution < -0.4 is 10.1 Å². The lowest BCUT2D eigenvalue weighted by molar-refractivity contribution is -0.121. The van der Waals surface area contributed by atoms with Crippen LogP contribution in [0, 0.1) is 0 Å². The van der Waals surface area contributed by atoms with Crippen molar-refractivity contribution in [1.82, 2.24) is 20.4 Å². The Morgan fingerprint density at radius 3 is 2.82 bits per heavy atom. The molecular formula is C26H24N4O3S. The van der Waals surface area contributed by atoms with Crippen LogP contribution in [-0.4, -0.2) is 34.7 Å². The number of benzene rings is 2. The second-order valence-corrected chi connectivity index (χ2v) is 8.72. The zero-order chi connectivity index (χ0) is 23.3. The van der Waals surface area contributed by atoms with E-state index in [4.69, 9.17) is 9.26 Å². The number of ether oxygens (including phenoxy) is 1. The number of thiophene rings is 1. The number of carbonyl (C=O) groups excluding carboxylic acids is 1. The number of hydrogen-bond donors (Lipinski definition) is 2. The van der Waals surface area contributed by atoms with E-state index in [1.807, 2.05) is 59.4 Å². The van der Waals surface area contributed by atoms with E-state index in [1.165, 1.54) is 0 Å². The Hall–Kier alpha value is -3.91. The molecule has 0 saturated carbocycles. The first kappa shape index (κ1) is 21.9. The maximum atomic E-state index is 12.7. The average Bonchev–Trinajstić information content (AvgIpc) is 3.64. The minimum absolute atomic E-state index is 0.0143. The highest BCUT2D eigenvalue weighted by atomic mass is 32.1. The molecule has 0 bridgehead atoms. The van der Waals surface area contributed by atoms with Crippen LogP contribution >= 0.6 is 11.3 Å². The van der Waals surface area contributed by atoms with Crippen LogP contribution in [0.5, 0.6) is 5.75 Å². The number of aryl methyl sites for hydroxylation is 1. The van der Waals surface area contributed by atoms with Crippen LogP contribution in [0.15, 0.2) is 76.1 Å². The molecule has 5 rings (SSSR count). The van der Waals surface area contributed by atoms with Gasteiger partial charge in [-0.2, -0.15) is 16.3 Å². The first-order valence-corrected chi connectivity index (χ1v) is 12.0. The fourth-order valence-corrected chi connectivity index (χ4v) is 4.65. The van der Waals surface area contributed by atoms with Crippen LogP contribution in [-0.2, 0) is 11.2 Å². The van der Waals surface area contributed by atoms with Crippen LogP contribution in [0.3, 0.4) is 0 Å². The number of fused-ring (bicyclic) bond motifs is 1. The summed E-state index contributed by atoms with van der Waals surface area (Å²) in [7, 11) is 1.65. The number of hydrogen-bond acceptors (Lipinski definition) is 6. The molecule has 0 aliphatic rings. The van der Waals surface area contributed by atoms with Crippen LogP contribution in [0.1, 0.15) is 29.4 Å². The molecule has 0 radical (unpaired) electrons. The Kier molecular flexibility index (Phi) is 6.40. The van der Waals surface area contributed by atoms with Crippen molar-refractivity contribution in [2.75, 3.05) is 13.7 Å². The normalized spacial score (nSPS) is 12.0. The number of amides is 1. The number of H-pyrrole nitrogens is 1. The van der Waals surface area contributed by atoms with Gasteiger partial charge in [0.05, 0.1) is 7.11 Å². The predicted molar refractivity (Wildman–Crippen MR) is 132 cm³/mol. The highest BCUT2D eigenvalue weighted by molar-refractivity contribution is 7.08. The van der Waals surface area contributed by atoms with Gasteiger partial charge in [-0.25, -0.2) is 0 Å². The maximum absolute atomic E-state index is 12.7. The summed E-state index contributed by atoms with van der Waals surface area (Å²) >= 11 is 1.58. The molecule has 5 aromatic rings. The third-order valence-electron chi connectivity index (χ3n) is 5.83. The molecule has 0 aliphatic heterocycles. The van der Waals surface area contributed by atoms with E-state index >= 15 is 0 Å². The van der Waals surface area contributed by atoms with Gasteiger partial charge in [0.2, 0.25) is 17.6 Å². The number of methoxy groups -OCH3 is 1. The summed E-state index contributed by atoms with van der Waals surface area (Å²) in [5.41, 5.74) is 4.23. The van der Waals surface area contributed by atoms with Crippen LogP contribution in [0.2, 0.25) is 0 Å². The van der Waals surface area contributed by atoms with Gasteiger partial charge in [0, 0.05) is 53.3 Å². The summed E-state index contributed by atoms with van der Waals surface area (Å²) < 4.78 is 10.6. The molecule has 0 fully saturated rings. The minimum Gasteiger partial charge on any atom is -0.497 e. The summed E-state index contributed by atoms with van der Waals surface area (Å²) in [5, 5.41) is 12.2. The van der Waals surface area contributed by atoms with E-state index in [2.05, 4.69) is 32.6 Å². The van der Waals surface area contributed by atoms with Crippen molar-refractivity contribution in [2.45, 2.75) is 18.8 Å². The Morgan fingerprint density at radius 2 is 2.03 bits per heavy atom. The van der Waals surface area contributed by atoms with Crippen molar-refractivity contribution in [3.63, 3.8) is 0 Å². The van der Waals surface area contributed by atoms with Gasteiger partial charge in [-0.1, -0.05) is 35.5 Å². The second-order valence-electron chi connectivity index (χ2n) is 7.94. The number of aromatic nitrogens is 3. The van der Waals surface area contributed by atoms with E-state index in [0.717, 1.165) is 33.3 Å². The summed E-state index contributed by atoms with van der Waals surface area (Å²) in [4.78, 5) is 20.4. The minimum atomic E-state index is -0.0614. The monoisotopic (exact) mass is 472 g/mol. The van der Waals surface area contributed by atoms with Crippen LogP contribution in [0.4, 0.5) is 0 Å². The first-order valence-electron chi connectivity index (χ1n) is 11.0. The zero-order valence-corrected chi connectivity index (χ0v) is 19.5. The highest BCUT2D eigenvalue weighted by Gasteiger charge is 2.20. The number of nitrogens with zero attached hydrogens (tertiary/aromatic N) is 2. The molecule has 3 aromatic heterocycles. The SMILES string of the molecule is COc1ccc(C(CNC(=O)CCc2nc(-c3ccsc3)no2)c2c[nH]c3ccccc23)cc1. The molecule has 0 saturated heterocycles. The predicted octanol–water partition coefficient (Wildman–Crippen LogP) is 5.17. The molecule has 1 unspecified atom stereocenters. The maximum Gasteiger partial charge on any atom is 0.227 e. The molecule has 7 nitrogen and oxygen atoms in total. The second kappa shape index (κ2) is 9.93. The van der Waals surface area contributed by atoms with Gasteiger partial charge in [0.1, 0.15) is 5.75 Å². The molecule has 8 heteroatoms. The lowest BCUT2D eigenvalue weighted by Crippen LogP contribution is -2.29. The number of carbonyl (C=O) groups is 1. The Bertz CT molecular complexity index is 1370. The van der Waals surface area contributed by atoms with E-state index in [9.17, 15) is 4.79 Å². The Morgan fingerprint density at radius 1 is 1.18 bits per heavy atom. The fraction of sp³-hybridized carbons (Fsp3) is 0.192. The van der Waals surface area contributed by atoms with Gasteiger partial charge < -0.3 is 19.6 Å². The highest BCUT2D eigenvalue weighted by Crippen LogP contribution is 2.31. The lowest BCUT2D eigenvalue weighted by atomic mass is 9.90. The summed E-state index contributed by atoms with van der Waals surface area (Å²) in [6.45, 7) is 0.469. The van der Waals surface area contributed by atoms with Crippen molar-refractivity contribution in [3.8, 4) is 17.1 Å².